The fourth-order valence-corrected chi connectivity index (χ4v) is 2.77. The van der Waals surface area contributed by atoms with Crippen molar-refractivity contribution >= 4 is 29.0 Å². The summed E-state index contributed by atoms with van der Waals surface area (Å²) in [7, 11) is 1.31. The van der Waals surface area contributed by atoms with Gasteiger partial charge in [-0.1, -0.05) is 12.1 Å². The molecular formula is C22H18O6. The number of hydrogen-bond donors (Lipinski definition) is 0. The van der Waals surface area contributed by atoms with Gasteiger partial charge in [-0.25, -0.2) is 14.4 Å². The smallest absolute Gasteiger partial charge is 0.337 e. The molecule has 0 atom stereocenters. The van der Waals surface area contributed by atoms with Crippen LogP contribution in [0, 0.1) is 13.8 Å². The van der Waals surface area contributed by atoms with E-state index in [1.54, 1.807) is 49.4 Å². The van der Waals surface area contributed by atoms with Gasteiger partial charge in [-0.2, -0.15) is 0 Å². The highest BCUT2D eigenvalue weighted by molar-refractivity contribution is 5.92. The Bertz CT molecular complexity index is 1140. The van der Waals surface area contributed by atoms with Crippen LogP contribution in [0.4, 0.5) is 0 Å². The van der Waals surface area contributed by atoms with Gasteiger partial charge in [0.1, 0.15) is 11.3 Å². The summed E-state index contributed by atoms with van der Waals surface area (Å²) in [6.45, 7) is 3.54. The normalized spacial score (nSPS) is 11.0. The quantitative estimate of drug-likeness (QED) is 0.297. The number of rotatable bonds is 4. The minimum absolute atomic E-state index is 0.317. The standard InChI is InChI=1S/C22H18O6/c1-13-12-20(24)28-21-14(2)18(10-9-17(13)21)27-19(23)11-6-15-4-7-16(8-5-15)22(25)26-3/h4-12H,1-3H3/b11-6+. The van der Waals surface area contributed by atoms with Crippen LogP contribution in [0.3, 0.4) is 0 Å². The Morgan fingerprint density at radius 3 is 2.43 bits per heavy atom. The van der Waals surface area contributed by atoms with E-state index in [2.05, 4.69) is 4.74 Å². The van der Waals surface area contributed by atoms with Gasteiger partial charge in [0.05, 0.1) is 12.7 Å². The molecule has 2 aromatic carbocycles. The molecule has 0 spiro atoms. The summed E-state index contributed by atoms with van der Waals surface area (Å²) >= 11 is 0. The number of methoxy groups -OCH3 is 1. The average molecular weight is 378 g/mol. The topological polar surface area (TPSA) is 82.8 Å². The van der Waals surface area contributed by atoms with E-state index >= 15 is 0 Å². The van der Waals surface area contributed by atoms with Gasteiger partial charge in [-0.3, -0.25) is 0 Å². The summed E-state index contributed by atoms with van der Waals surface area (Å²) in [5.74, 6) is -0.685. The molecule has 1 heterocycles. The second-order valence-electron chi connectivity index (χ2n) is 6.18. The van der Waals surface area contributed by atoms with Crippen LogP contribution in [0.25, 0.3) is 17.0 Å². The largest absolute Gasteiger partial charge is 0.465 e. The maximum Gasteiger partial charge on any atom is 0.337 e. The van der Waals surface area contributed by atoms with Crippen molar-refractivity contribution in [3.63, 3.8) is 0 Å². The molecule has 142 valence electrons. The predicted molar refractivity (Wildman–Crippen MR) is 104 cm³/mol. The molecule has 0 radical (unpaired) electrons. The van der Waals surface area contributed by atoms with Gasteiger partial charge in [-0.15, -0.1) is 0 Å². The molecule has 28 heavy (non-hydrogen) atoms. The van der Waals surface area contributed by atoms with E-state index in [1.807, 2.05) is 6.92 Å². The lowest BCUT2D eigenvalue weighted by Gasteiger charge is -2.08. The first-order valence-electron chi connectivity index (χ1n) is 8.51. The maximum atomic E-state index is 12.2. The van der Waals surface area contributed by atoms with E-state index in [9.17, 15) is 14.4 Å². The monoisotopic (exact) mass is 378 g/mol. The summed E-state index contributed by atoms with van der Waals surface area (Å²) in [6, 6.07) is 11.4. The van der Waals surface area contributed by atoms with Gasteiger partial charge in [0.2, 0.25) is 0 Å². The molecule has 0 fully saturated rings. The van der Waals surface area contributed by atoms with Crippen LogP contribution in [0.15, 0.2) is 57.8 Å². The van der Waals surface area contributed by atoms with Crippen LogP contribution in [-0.2, 0) is 9.53 Å². The fourth-order valence-electron chi connectivity index (χ4n) is 2.77. The molecule has 6 heteroatoms. The molecule has 0 aliphatic rings. The molecule has 0 amide bonds. The molecule has 3 rings (SSSR count). The summed E-state index contributed by atoms with van der Waals surface area (Å²) in [6.07, 6.45) is 2.85. The van der Waals surface area contributed by atoms with Crippen LogP contribution < -0.4 is 10.4 Å². The van der Waals surface area contributed by atoms with E-state index in [-0.39, 0.29) is 0 Å². The molecule has 0 aliphatic carbocycles. The van der Waals surface area contributed by atoms with Crippen molar-refractivity contribution in [2.45, 2.75) is 13.8 Å². The first-order chi connectivity index (χ1) is 13.4. The highest BCUT2D eigenvalue weighted by Crippen LogP contribution is 2.28. The van der Waals surface area contributed by atoms with Gasteiger partial charge in [0, 0.05) is 23.1 Å². The highest BCUT2D eigenvalue weighted by atomic mass is 16.5. The molecule has 6 nitrogen and oxygen atoms in total. The Kier molecular flexibility index (Phi) is 5.40. The molecular weight excluding hydrogens is 360 g/mol. The number of carbonyl (C=O) groups excluding carboxylic acids is 2. The minimum Gasteiger partial charge on any atom is -0.465 e. The fraction of sp³-hybridized carbons (Fsp3) is 0.136. The summed E-state index contributed by atoms with van der Waals surface area (Å²) in [5, 5.41) is 0.790. The third-order valence-corrected chi connectivity index (χ3v) is 4.27. The van der Waals surface area contributed by atoms with Gasteiger partial charge in [0.15, 0.2) is 0 Å². The lowest BCUT2D eigenvalue weighted by Crippen LogP contribution is -2.06. The Balaban J connectivity index is 1.78. The van der Waals surface area contributed by atoms with Gasteiger partial charge >= 0.3 is 17.6 Å². The van der Waals surface area contributed by atoms with Crippen molar-refractivity contribution < 1.29 is 23.5 Å². The van der Waals surface area contributed by atoms with Crippen LogP contribution in [-0.4, -0.2) is 19.0 Å². The average Bonchev–Trinajstić information content (AvgIpc) is 2.68. The molecule has 0 saturated heterocycles. The Labute approximate surface area is 161 Å². The number of hydrogen-bond acceptors (Lipinski definition) is 6. The zero-order valence-electron chi connectivity index (χ0n) is 15.6. The Morgan fingerprint density at radius 1 is 1.04 bits per heavy atom. The van der Waals surface area contributed by atoms with E-state index in [0.717, 1.165) is 16.5 Å². The molecule has 0 aliphatic heterocycles. The van der Waals surface area contributed by atoms with Crippen molar-refractivity contribution in [1.82, 2.24) is 0 Å². The maximum absolute atomic E-state index is 12.2. The Morgan fingerprint density at radius 2 is 1.75 bits per heavy atom. The Hall–Kier alpha value is -3.67. The highest BCUT2D eigenvalue weighted by Gasteiger charge is 2.12. The van der Waals surface area contributed by atoms with Crippen molar-refractivity contribution in [2.24, 2.45) is 0 Å². The molecule has 3 aromatic rings. The van der Waals surface area contributed by atoms with E-state index in [1.165, 1.54) is 19.3 Å². The van der Waals surface area contributed by atoms with Crippen LogP contribution in [0.2, 0.25) is 0 Å². The predicted octanol–water partition coefficient (Wildman–Crippen LogP) is 3.82. The number of ether oxygens (including phenoxy) is 2. The SMILES string of the molecule is COC(=O)c1ccc(/C=C/C(=O)Oc2ccc3c(C)cc(=O)oc3c2C)cc1. The molecule has 0 saturated carbocycles. The number of esters is 2. The van der Waals surface area contributed by atoms with Gasteiger partial charge < -0.3 is 13.9 Å². The molecule has 1 aromatic heterocycles. The number of fused-ring (bicyclic) bond motifs is 1. The third-order valence-electron chi connectivity index (χ3n) is 4.27. The number of benzene rings is 2. The molecule has 0 N–H and O–H groups in total. The number of carbonyl (C=O) groups is 2. The van der Waals surface area contributed by atoms with Crippen molar-refractivity contribution in [1.29, 1.82) is 0 Å². The summed E-state index contributed by atoms with van der Waals surface area (Å²) < 4.78 is 15.3. The first kappa shape index (κ1) is 19.1. The van der Waals surface area contributed by atoms with Crippen LogP contribution in [0.5, 0.6) is 5.75 Å². The lowest BCUT2D eigenvalue weighted by atomic mass is 10.1. The summed E-state index contributed by atoms with van der Waals surface area (Å²) in [4.78, 5) is 35.2. The number of aryl methyl sites for hydroxylation is 2. The van der Waals surface area contributed by atoms with E-state index in [4.69, 9.17) is 9.15 Å². The zero-order chi connectivity index (χ0) is 20.3. The van der Waals surface area contributed by atoms with E-state index in [0.29, 0.717) is 22.5 Å². The van der Waals surface area contributed by atoms with Gasteiger partial charge in [0.25, 0.3) is 0 Å². The van der Waals surface area contributed by atoms with E-state index < -0.39 is 17.6 Å². The van der Waals surface area contributed by atoms with Crippen molar-refractivity contribution in [3.8, 4) is 5.75 Å². The van der Waals surface area contributed by atoms with Crippen molar-refractivity contribution in [2.75, 3.05) is 7.11 Å². The minimum atomic E-state index is -0.575. The van der Waals surface area contributed by atoms with Gasteiger partial charge in [-0.05, 0) is 55.3 Å². The second-order valence-corrected chi connectivity index (χ2v) is 6.18. The lowest BCUT2D eigenvalue weighted by molar-refractivity contribution is -0.128. The zero-order valence-corrected chi connectivity index (χ0v) is 15.6. The summed E-state index contributed by atoms with van der Waals surface area (Å²) in [5.41, 5.74) is 2.46. The van der Waals surface area contributed by atoms with Crippen LogP contribution in [0.1, 0.15) is 27.0 Å². The van der Waals surface area contributed by atoms with Crippen molar-refractivity contribution in [3.05, 3.63) is 81.2 Å². The molecule has 0 bridgehead atoms. The molecule has 0 unspecified atom stereocenters. The third kappa shape index (κ3) is 4.01. The second kappa shape index (κ2) is 7.92. The van der Waals surface area contributed by atoms with Crippen LogP contribution >= 0.6 is 0 Å². The first-order valence-corrected chi connectivity index (χ1v) is 8.51.